The van der Waals surface area contributed by atoms with Gasteiger partial charge < -0.3 is 10.1 Å². The minimum Gasteiger partial charge on any atom is -0.481 e. The number of pyridine rings is 1. The van der Waals surface area contributed by atoms with Gasteiger partial charge in [-0.05, 0) is 48.7 Å². The Morgan fingerprint density at radius 1 is 1.39 bits per heavy atom. The Morgan fingerprint density at radius 2 is 2.18 bits per heavy atom. The Bertz CT molecular complexity index is 887. The van der Waals surface area contributed by atoms with E-state index < -0.39 is 0 Å². The molecule has 6 heteroatoms. The number of rotatable bonds is 6. The lowest BCUT2D eigenvalue weighted by Gasteiger charge is -2.32. The summed E-state index contributed by atoms with van der Waals surface area (Å²) >= 11 is 0. The number of hydrogen-bond donors (Lipinski definition) is 1. The zero-order chi connectivity index (χ0) is 20.1. The quantitative estimate of drug-likeness (QED) is 0.778. The van der Waals surface area contributed by atoms with E-state index in [0.29, 0.717) is 23.0 Å². The van der Waals surface area contributed by atoms with Crippen LogP contribution in [0.2, 0.25) is 0 Å². The fraction of sp³-hybridized carbons (Fsp3) is 0.409. The molecular formula is C22H26N4O2. The summed E-state index contributed by atoms with van der Waals surface area (Å²) in [6.07, 6.45) is 1.79. The van der Waals surface area contributed by atoms with E-state index in [1.165, 1.54) is 6.20 Å². The molecule has 0 radical (unpaired) electrons. The number of aromatic nitrogens is 1. The molecule has 1 aromatic heterocycles. The van der Waals surface area contributed by atoms with Crippen molar-refractivity contribution in [3.8, 4) is 11.9 Å². The first-order chi connectivity index (χ1) is 13.5. The van der Waals surface area contributed by atoms with Gasteiger partial charge in [-0.15, -0.1) is 0 Å². The lowest BCUT2D eigenvalue weighted by atomic mass is 9.94. The number of carbonyl (C=O) groups is 1. The summed E-state index contributed by atoms with van der Waals surface area (Å²) in [6.45, 7) is 7.93. The third-order valence-electron chi connectivity index (χ3n) is 5.22. The van der Waals surface area contributed by atoms with Crippen molar-refractivity contribution in [2.75, 3.05) is 26.7 Å². The van der Waals surface area contributed by atoms with Gasteiger partial charge in [-0.25, -0.2) is 4.98 Å². The Kier molecular flexibility index (Phi) is 6.40. The van der Waals surface area contributed by atoms with Crippen LogP contribution < -0.4 is 10.1 Å². The molecule has 6 nitrogen and oxygen atoms in total. The molecule has 0 saturated carbocycles. The van der Waals surface area contributed by atoms with Gasteiger partial charge in [0, 0.05) is 56.5 Å². The molecule has 3 rings (SSSR count). The van der Waals surface area contributed by atoms with Crippen molar-refractivity contribution < 1.29 is 9.53 Å². The van der Waals surface area contributed by atoms with Gasteiger partial charge in [-0.1, -0.05) is 0 Å². The predicted molar refractivity (Wildman–Crippen MR) is 107 cm³/mol. The van der Waals surface area contributed by atoms with Crippen molar-refractivity contribution in [2.24, 2.45) is 0 Å². The number of hydrogen-bond acceptors (Lipinski definition) is 6. The van der Waals surface area contributed by atoms with Crippen LogP contribution >= 0.6 is 0 Å². The van der Waals surface area contributed by atoms with Crippen molar-refractivity contribution in [1.29, 1.82) is 5.26 Å². The molecule has 146 valence electrons. The summed E-state index contributed by atoms with van der Waals surface area (Å²) < 4.78 is 5.04. The van der Waals surface area contributed by atoms with Gasteiger partial charge in [0.05, 0.1) is 18.7 Å². The third-order valence-corrected chi connectivity index (χ3v) is 5.22. The maximum absolute atomic E-state index is 12.7. The second-order valence-electron chi connectivity index (χ2n) is 7.31. The van der Waals surface area contributed by atoms with Gasteiger partial charge >= 0.3 is 0 Å². The van der Waals surface area contributed by atoms with Crippen molar-refractivity contribution in [2.45, 2.75) is 32.9 Å². The number of piperazine rings is 1. The van der Waals surface area contributed by atoms with E-state index in [9.17, 15) is 10.1 Å². The highest BCUT2D eigenvalue weighted by atomic mass is 16.5. The fourth-order valence-corrected chi connectivity index (χ4v) is 3.59. The Balaban J connectivity index is 1.81. The maximum atomic E-state index is 12.7. The van der Waals surface area contributed by atoms with E-state index in [0.717, 1.165) is 42.9 Å². The molecule has 1 saturated heterocycles. The number of nitrogens with one attached hydrogen (secondary N) is 1. The van der Waals surface area contributed by atoms with E-state index in [1.807, 2.05) is 19.1 Å². The molecule has 1 fully saturated rings. The largest absolute Gasteiger partial charge is 0.481 e. The van der Waals surface area contributed by atoms with E-state index in [1.54, 1.807) is 19.2 Å². The van der Waals surface area contributed by atoms with Crippen molar-refractivity contribution in [3.63, 3.8) is 0 Å². The van der Waals surface area contributed by atoms with E-state index in [2.05, 4.69) is 28.2 Å². The summed E-state index contributed by atoms with van der Waals surface area (Å²) in [5, 5.41) is 12.9. The lowest BCUT2D eigenvalue weighted by Crippen LogP contribution is -2.48. The Morgan fingerprint density at radius 3 is 2.82 bits per heavy atom. The van der Waals surface area contributed by atoms with Crippen molar-refractivity contribution in [1.82, 2.24) is 15.2 Å². The van der Waals surface area contributed by atoms with Gasteiger partial charge in [0.2, 0.25) is 5.88 Å². The van der Waals surface area contributed by atoms with Gasteiger partial charge in [0.15, 0.2) is 5.78 Å². The second kappa shape index (κ2) is 8.96. The van der Waals surface area contributed by atoms with Crippen LogP contribution in [-0.2, 0) is 13.0 Å². The first kappa shape index (κ1) is 20.0. The molecule has 1 atom stereocenters. The molecule has 1 aromatic carbocycles. The summed E-state index contributed by atoms with van der Waals surface area (Å²) in [5.41, 5.74) is 4.24. The SMILES string of the molecule is COc1ccc(C(=O)Cc2cc(C#N)cc(CN3CCN[C@@H](C)C3)c2C)cn1. The molecule has 0 aliphatic carbocycles. The highest BCUT2D eigenvalue weighted by Crippen LogP contribution is 2.21. The van der Waals surface area contributed by atoms with Crippen molar-refractivity contribution in [3.05, 3.63) is 58.3 Å². The zero-order valence-corrected chi connectivity index (χ0v) is 16.7. The monoisotopic (exact) mass is 378 g/mol. The molecular weight excluding hydrogens is 352 g/mol. The zero-order valence-electron chi connectivity index (χ0n) is 16.7. The molecule has 0 bridgehead atoms. The molecule has 0 unspecified atom stereocenters. The van der Waals surface area contributed by atoms with Gasteiger partial charge in [-0.3, -0.25) is 9.69 Å². The summed E-state index contributed by atoms with van der Waals surface area (Å²) in [7, 11) is 1.54. The minimum atomic E-state index is -0.0184. The van der Waals surface area contributed by atoms with Crippen LogP contribution in [0.15, 0.2) is 30.5 Å². The maximum Gasteiger partial charge on any atom is 0.212 e. The highest BCUT2D eigenvalue weighted by molar-refractivity contribution is 5.97. The number of ketones is 1. The van der Waals surface area contributed by atoms with Crippen LogP contribution in [0.3, 0.4) is 0 Å². The van der Waals surface area contributed by atoms with Crippen LogP contribution in [0.5, 0.6) is 5.88 Å². The summed E-state index contributed by atoms with van der Waals surface area (Å²) in [6, 6.07) is 9.88. The van der Waals surface area contributed by atoms with Gasteiger partial charge in [0.1, 0.15) is 0 Å². The van der Waals surface area contributed by atoms with Crippen LogP contribution in [0.4, 0.5) is 0 Å². The normalized spacial score (nSPS) is 17.1. The number of nitrogens with zero attached hydrogens (tertiary/aromatic N) is 3. The molecule has 0 spiro atoms. The topological polar surface area (TPSA) is 78.2 Å². The van der Waals surface area contributed by atoms with Gasteiger partial charge in [-0.2, -0.15) is 5.26 Å². The smallest absolute Gasteiger partial charge is 0.212 e. The fourth-order valence-electron chi connectivity index (χ4n) is 3.59. The number of nitriles is 1. The van der Waals surface area contributed by atoms with Crippen LogP contribution in [0.1, 0.15) is 39.5 Å². The van der Waals surface area contributed by atoms with E-state index in [-0.39, 0.29) is 12.2 Å². The molecule has 2 aromatic rings. The second-order valence-corrected chi connectivity index (χ2v) is 7.31. The Labute approximate surface area is 166 Å². The number of benzene rings is 1. The average Bonchev–Trinajstić information content (AvgIpc) is 2.70. The van der Waals surface area contributed by atoms with Crippen LogP contribution in [0, 0.1) is 18.3 Å². The highest BCUT2D eigenvalue weighted by Gasteiger charge is 2.18. The molecule has 2 heterocycles. The van der Waals surface area contributed by atoms with Gasteiger partial charge in [0.25, 0.3) is 0 Å². The number of ether oxygens (including phenoxy) is 1. The Hall–Kier alpha value is -2.75. The summed E-state index contributed by atoms with van der Waals surface area (Å²) in [4.78, 5) is 19.2. The molecule has 1 aliphatic heterocycles. The average molecular weight is 378 g/mol. The molecule has 0 amide bonds. The summed E-state index contributed by atoms with van der Waals surface area (Å²) in [5.74, 6) is 0.460. The number of methoxy groups -OCH3 is 1. The minimum absolute atomic E-state index is 0.0184. The number of carbonyl (C=O) groups excluding carboxylic acids is 1. The third kappa shape index (κ3) is 4.75. The molecule has 28 heavy (non-hydrogen) atoms. The molecule has 1 aliphatic rings. The van der Waals surface area contributed by atoms with E-state index >= 15 is 0 Å². The van der Waals surface area contributed by atoms with Crippen LogP contribution in [-0.4, -0.2) is 48.5 Å². The predicted octanol–water partition coefficient (Wildman–Crippen LogP) is 2.49. The van der Waals surface area contributed by atoms with E-state index in [4.69, 9.17) is 4.74 Å². The molecule has 1 N–H and O–H groups in total. The lowest BCUT2D eigenvalue weighted by molar-refractivity contribution is 0.0992. The first-order valence-corrected chi connectivity index (χ1v) is 9.51. The van der Waals surface area contributed by atoms with Crippen molar-refractivity contribution >= 4 is 5.78 Å². The number of Topliss-reactive ketones (excluding diaryl/α,β-unsaturated/α-hetero) is 1. The standard InChI is InChI=1S/C22H26N4O2/c1-15-13-26(7-6-24-15)14-20-9-17(11-23)8-19(16(20)2)10-21(27)18-4-5-22(28-3)25-12-18/h4-5,8-9,12,15,24H,6-7,10,13-14H2,1-3H3/t15-/m0/s1. The van der Waals surface area contributed by atoms with Crippen LogP contribution in [0.25, 0.3) is 0 Å². The first-order valence-electron chi connectivity index (χ1n) is 9.51.